The maximum atomic E-state index is 5.46. The van der Waals surface area contributed by atoms with Gasteiger partial charge >= 0.3 is 0 Å². The second-order valence-electron chi connectivity index (χ2n) is 3.48. The van der Waals surface area contributed by atoms with Crippen molar-refractivity contribution in [3.63, 3.8) is 0 Å². The largest absolute Gasteiger partial charge is 0.481 e. The van der Waals surface area contributed by atoms with Gasteiger partial charge in [0.25, 0.3) is 0 Å². The van der Waals surface area contributed by atoms with E-state index >= 15 is 0 Å². The molecule has 0 N–H and O–H groups in total. The van der Waals surface area contributed by atoms with Crippen molar-refractivity contribution in [2.75, 3.05) is 7.11 Å². The summed E-state index contributed by atoms with van der Waals surface area (Å²) in [4.78, 5) is 4.15. The highest BCUT2D eigenvalue weighted by molar-refractivity contribution is 9.10. The van der Waals surface area contributed by atoms with Crippen LogP contribution in [0.25, 0.3) is 0 Å². The molecule has 0 saturated heterocycles. The van der Waals surface area contributed by atoms with E-state index in [9.17, 15) is 0 Å². The van der Waals surface area contributed by atoms with Crippen molar-refractivity contribution in [2.45, 2.75) is 19.3 Å². The van der Waals surface area contributed by atoms with E-state index in [-0.39, 0.29) is 5.41 Å². The zero-order valence-electron chi connectivity index (χ0n) is 8.47. The third kappa shape index (κ3) is 2.08. The number of terminal acetylenes is 1. The van der Waals surface area contributed by atoms with Gasteiger partial charge in [0.2, 0.25) is 5.88 Å². The van der Waals surface area contributed by atoms with Gasteiger partial charge in [-0.15, -0.1) is 6.42 Å². The summed E-state index contributed by atoms with van der Waals surface area (Å²) in [6.45, 7) is 3.91. The summed E-state index contributed by atoms with van der Waals surface area (Å²) in [5.74, 6) is 3.30. The Kier molecular flexibility index (Phi) is 3.17. The fourth-order valence-corrected chi connectivity index (χ4v) is 1.45. The van der Waals surface area contributed by atoms with Crippen LogP contribution in [0.4, 0.5) is 0 Å². The van der Waals surface area contributed by atoms with E-state index in [0.29, 0.717) is 5.88 Å². The Morgan fingerprint density at radius 3 is 2.71 bits per heavy atom. The highest BCUT2D eigenvalue weighted by atomic mass is 79.9. The Bertz CT molecular complexity index is 379. The summed E-state index contributed by atoms with van der Waals surface area (Å²) in [5.41, 5.74) is 0.541. The van der Waals surface area contributed by atoms with Crippen molar-refractivity contribution in [2.24, 2.45) is 0 Å². The zero-order valence-corrected chi connectivity index (χ0v) is 10.1. The number of pyridine rings is 1. The number of hydrogen-bond acceptors (Lipinski definition) is 2. The van der Waals surface area contributed by atoms with Crippen LogP contribution in [0.15, 0.2) is 16.7 Å². The lowest BCUT2D eigenvalue weighted by Gasteiger charge is -2.20. The van der Waals surface area contributed by atoms with Crippen LogP contribution < -0.4 is 4.74 Å². The van der Waals surface area contributed by atoms with E-state index in [1.165, 1.54) is 0 Å². The molecule has 1 rings (SSSR count). The molecule has 1 heterocycles. The molecule has 0 amide bonds. The Morgan fingerprint density at radius 1 is 1.57 bits per heavy atom. The molecule has 0 atom stereocenters. The first-order valence-electron chi connectivity index (χ1n) is 4.19. The molecule has 0 aromatic carbocycles. The smallest absolute Gasteiger partial charge is 0.217 e. The molecule has 0 bridgehead atoms. The van der Waals surface area contributed by atoms with Gasteiger partial charge in [-0.2, -0.15) is 0 Å². The standard InChI is InChI=1S/C11H12BrNO/c1-5-11(2,3)9-6-8(12)7-13-10(9)14-4/h1,6-7H,2-4H3. The highest BCUT2D eigenvalue weighted by Crippen LogP contribution is 2.31. The second kappa shape index (κ2) is 4.02. The maximum absolute atomic E-state index is 5.46. The van der Waals surface area contributed by atoms with E-state index in [1.807, 2.05) is 19.9 Å². The van der Waals surface area contributed by atoms with Crippen LogP contribution in [-0.4, -0.2) is 12.1 Å². The minimum absolute atomic E-state index is 0.373. The molecule has 0 aliphatic carbocycles. The molecule has 0 unspecified atom stereocenters. The second-order valence-corrected chi connectivity index (χ2v) is 4.40. The van der Waals surface area contributed by atoms with Crippen molar-refractivity contribution in [1.29, 1.82) is 0 Å². The summed E-state index contributed by atoms with van der Waals surface area (Å²) < 4.78 is 6.06. The van der Waals surface area contributed by atoms with E-state index in [4.69, 9.17) is 11.2 Å². The van der Waals surface area contributed by atoms with Crippen LogP contribution >= 0.6 is 15.9 Å². The normalized spacial score (nSPS) is 10.8. The van der Waals surface area contributed by atoms with Crippen LogP contribution in [0.3, 0.4) is 0 Å². The van der Waals surface area contributed by atoms with Crippen LogP contribution in [-0.2, 0) is 5.41 Å². The van der Waals surface area contributed by atoms with E-state index in [2.05, 4.69) is 26.8 Å². The number of methoxy groups -OCH3 is 1. The topological polar surface area (TPSA) is 22.1 Å². The minimum Gasteiger partial charge on any atom is -0.481 e. The van der Waals surface area contributed by atoms with Crippen LogP contribution in [0.1, 0.15) is 19.4 Å². The zero-order chi connectivity index (χ0) is 10.8. The Labute approximate surface area is 92.8 Å². The molecule has 1 aromatic heterocycles. The van der Waals surface area contributed by atoms with Gasteiger partial charge in [0, 0.05) is 16.2 Å². The quantitative estimate of drug-likeness (QED) is 0.757. The van der Waals surface area contributed by atoms with Crippen LogP contribution in [0.5, 0.6) is 5.88 Å². The Hall–Kier alpha value is -1.01. The first-order chi connectivity index (χ1) is 6.51. The van der Waals surface area contributed by atoms with E-state index in [0.717, 1.165) is 10.0 Å². The molecule has 74 valence electrons. The monoisotopic (exact) mass is 253 g/mol. The molecule has 2 nitrogen and oxygen atoms in total. The molecule has 0 aliphatic heterocycles. The highest BCUT2D eigenvalue weighted by Gasteiger charge is 2.22. The van der Waals surface area contributed by atoms with Crippen LogP contribution in [0, 0.1) is 12.3 Å². The summed E-state index contributed by atoms with van der Waals surface area (Å²) in [6, 6.07) is 1.94. The van der Waals surface area contributed by atoms with Crippen molar-refractivity contribution in [3.8, 4) is 18.2 Å². The lowest BCUT2D eigenvalue weighted by atomic mass is 9.86. The lowest BCUT2D eigenvalue weighted by Crippen LogP contribution is -2.16. The molecular formula is C11H12BrNO. The molecule has 1 aromatic rings. The SMILES string of the molecule is C#CC(C)(C)c1cc(Br)cnc1OC. The third-order valence-electron chi connectivity index (χ3n) is 2.05. The number of aromatic nitrogens is 1. The number of hydrogen-bond donors (Lipinski definition) is 0. The number of halogens is 1. The molecular weight excluding hydrogens is 242 g/mol. The average Bonchev–Trinajstić information content (AvgIpc) is 2.18. The molecule has 3 heteroatoms. The number of rotatable bonds is 2. The van der Waals surface area contributed by atoms with Gasteiger partial charge < -0.3 is 4.74 Å². The fourth-order valence-electron chi connectivity index (χ4n) is 1.11. The van der Waals surface area contributed by atoms with Gasteiger partial charge in [-0.1, -0.05) is 5.92 Å². The molecule has 0 fully saturated rings. The Morgan fingerprint density at radius 2 is 2.21 bits per heavy atom. The minimum atomic E-state index is -0.373. The van der Waals surface area contributed by atoms with Crippen LogP contribution in [0.2, 0.25) is 0 Å². The van der Waals surface area contributed by atoms with Crippen molar-refractivity contribution < 1.29 is 4.74 Å². The molecule has 0 radical (unpaired) electrons. The van der Waals surface area contributed by atoms with Gasteiger partial charge in [-0.3, -0.25) is 0 Å². The third-order valence-corrected chi connectivity index (χ3v) is 2.48. The number of nitrogens with zero attached hydrogens (tertiary/aromatic N) is 1. The van der Waals surface area contributed by atoms with E-state index < -0.39 is 0 Å². The first-order valence-corrected chi connectivity index (χ1v) is 4.98. The maximum Gasteiger partial charge on any atom is 0.217 e. The van der Waals surface area contributed by atoms with E-state index in [1.54, 1.807) is 13.3 Å². The fraction of sp³-hybridized carbons (Fsp3) is 0.364. The first kappa shape index (κ1) is 11.1. The summed E-state index contributed by atoms with van der Waals surface area (Å²) in [5, 5.41) is 0. The van der Waals surface area contributed by atoms with Crippen molar-refractivity contribution in [1.82, 2.24) is 4.98 Å². The van der Waals surface area contributed by atoms with Gasteiger partial charge in [-0.05, 0) is 35.8 Å². The summed E-state index contributed by atoms with van der Waals surface area (Å²) >= 11 is 3.36. The lowest BCUT2D eigenvalue weighted by molar-refractivity contribution is 0.386. The van der Waals surface area contributed by atoms with Gasteiger partial charge in [-0.25, -0.2) is 4.98 Å². The number of ether oxygens (including phenoxy) is 1. The molecule has 14 heavy (non-hydrogen) atoms. The predicted octanol–water partition coefficient (Wildman–Crippen LogP) is 2.76. The average molecular weight is 254 g/mol. The predicted molar refractivity (Wildman–Crippen MR) is 60.3 cm³/mol. The molecule has 0 aliphatic rings. The van der Waals surface area contributed by atoms with Gasteiger partial charge in [0.05, 0.1) is 12.5 Å². The van der Waals surface area contributed by atoms with Crippen molar-refractivity contribution >= 4 is 15.9 Å². The molecule has 0 saturated carbocycles. The summed E-state index contributed by atoms with van der Waals surface area (Å²) in [7, 11) is 1.59. The van der Waals surface area contributed by atoms with Crippen molar-refractivity contribution in [3.05, 3.63) is 22.3 Å². The molecule has 0 spiro atoms. The van der Waals surface area contributed by atoms with Gasteiger partial charge in [0.15, 0.2) is 0 Å². The summed E-state index contributed by atoms with van der Waals surface area (Å²) in [6.07, 6.45) is 7.15. The Balaban J connectivity index is 3.32. The van der Waals surface area contributed by atoms with Gasteiger partial charge in [0.1, 0.15) is 0 Å².